The lowest BCUT2D eigenvalue weighted by Crippen LogP contribution is -1.84. The molecule has 1 aromatic heterocycles. The van der Waals surface area contributed by atoms with Crippen molar-refractivity contribution in [1.82, 2.24) is 8.75 Å². The van der Waals surface area contributed by atoms with Crippen molar-refractivity contribution in [3.8, 4) is 11.3 Å². The van der Waals surface area contributed by atoms with Crippen LogP contribution in [0, 0.1) is 0 Å². The van der Waals surface area contributed by atoms with E-state index in [1.165, 1.54) is 11.7 Å². The smallest absolute Gasteiger partial charge is 0.106 e. The number of alkyl halides is 1. The third kappa shape index (κ3) is 1.82. The molecular weight excluding hydrogens is 284 g/mol. The minimum Gasteiger partial charge on any atom is -0.181 e. The van der Waals surface area contributed by atoms with Crippen LogP contribution in [0.1, 0.15) is 5.56 Å². The number of halogens is 2. The molecule has 0 aliphatic heterocycles. The van der Waals surface area contributed by atoms with Crippen LogP contribution in [-0.2, 0) is 5.33 Å². The maximum atomic E-state index is 6.21. The maximum Gasteiger partial charge on any atom is 0.106 e. The fraction of sp³-hybridized carbons (Fsp3) is 0.111. The van der Waals surface area contributed by atoms with Gasteiger partial charge in [-0.2, -0.15) is 8.75 Å². The molecule has 0 unspecified atom stereocenters. The zero-order chi connectivity index (χ0) is 9.97. The molecule has 5 heteroatoms. The summed E-state index contributed by atoms with van der Waals surface area (Å²) >= 11 is 10.8. The van der Waals surface area contributed by atoms with Crippen LogP contribution in [0.25, 0.3) is 11.3 Å². The summed E-state index contributed by atoms with van der Waals surface area (Å²) in [7, 11) is 0. The Morgan fingerprint density at radius 1 is 1.43 bits per heavy atom. The average molecular weight is 290 g/mol. The van der Waals surface area contributed by atoms with E-state index in [1.54, 1.807) is 6.20 Å². The highest BCUT2D eigenvalue weighted by Crippen LogP contribution is 2.30. The van der Waals surface area contributed by atoms with Gasteiger partial charge in [-0.3, -0.25) is 0 Å². The molecule has 0 radical (unpaired) electrons. The molecule has 1 heterocycles. The van der Waals surface area contributed by atoms with Gasteiger partial charge in [-0.05, 0) is 5.56 Å². The highest BCUT2D eigenvalue weighted by atomic mass is 79.9. The van der Waals surface area contributed by atoms with Crippen LogP contribution in [0.5, 0.6) is 0 Å². The third-order valence-corrected chi connectivity index (χ3v) is 3.39. The summed E-state index contributed by atoms with van der Waals surface area (Å²) < 4.78 is 8.11. The van der Waals surface area contributed by atoms with Crippen LogP contribution < -0.4 is 0 Å². The van der Waals surface area contributed by atoms with Crippen molar-refractivity contribution in [2.45, 2.75) is 5.33 Å². The van der Waals surface area contributed by atoms with E-state index in [0.29, 0.717) is 0 Å². The third-order valence-electron chi connectivity index (χ3n) is 1.86. The first-order chi connectivity index (χ1) is 6.83. The van der Waals surface area contributed by atoms with E-state index in [2.05, 4.69) is 24.7 Å². The van der Waals surface area contributed by atoms with E-state index in [-0.39, 0.29) is 0 Å². The number of rotatable bonds is 2. The lowest BCUT2D eigenvalue weighted by atomic mass is 10.1. The molecule has 0 bridgehead atoms. The molecule has 0 aliphatic carbocycles. The molecule has 1 aromatic carbocycles. The number of hydrogen-bond acceptors (Lipinski definition) is 3. The second kappa shape index (κ2) is 4.38. The molecule has 0 saturated carbocycles. The SMILES string of the molecule is Clc1c(CBr)cccc1-c1cnsn1. The van der Waals surface area contributed by atoms with Crippen LogP contribution in [0.15, 0.2) is 24.4 Å². The van der Waals surface area contributed by atoms with Crippen molar-refractivity contribution in [3.05, 3.63) is 35.0 Å². The summed E-state index contributed by atoms with van der Waals surface area (Å²) in [6, 6.07) is 5.91. The molecule has 0 fully saturated rings. The minimum absolute atomic E-state index is 0.747. The van der Waals surface area contributed by atoms with Gasteiger partial charge in [0.05, 0.1) is 22.9 Å². The summed E-state index contributed by atoms with van der Waals surface area (Å²) in [5.74, 6) is 0. The van der Waals surface area contributed by atoms with Crippen molar-refractivity contribution < 1.29 is 0 Å². The number of benzene rings is 1. The second-order valence-corrected chi connectivity index (χ2v) is 4.20. The van der Waals surface area contributed by atoms with Gasteiger partial charge in [0, 0.05) is 10.9 Å². The Bertz CT molecular complexity index is 430. The van der Waals surface area contributed by atoms with Gasteiger partial charge in [-0.25, -0.2) is 0 Å². The molecule has 2 rings (SSSR count). The minimum atomic E-state index is 0.747. The number of aromatic nitrogens is 2. The Kier molecular flexibility index (Phi) is 3.15. The molecule has 0 aliphatic rings. The molecule has 2 nitrogen and oxygen atoms in total. The largest absolute Gasteiger partial charge is 0.181 e. The fourth-order valence-corrected chi connectivity index (χ4v) is 2.51. The zero-order valence-electron chi connectivity index (χ0n) is 7.08. The monoisotopic (exact) mass is 288 g/mol. The normalized spacial score (nSPS) is 10.4. The fourth-order valence-electron chi connectivity index (χ4n) is 1.16. The van der Waals surface area contributed by atoms with E-state index in [0.717, 1.165) is 27.2 Å². The van der Waals surface area contributed by atoms with Crippen molar-refractivity contribution >= 4 is 39.3 Å². The molecule has 2 aromatic rings. The molecule has 0 spiro atoms. The maximum absolute atomic E-state index is 6.21. The van der Waals surface area contributed by atoms with Crippen molar-refractivity contribution in [3.63, 3.8) is 0 Å². The first kappa shape index (κ1) is 10.1. The highest BCUT2D eigenvalue weighted by molar-refractivity contribution is 9.08. The van der Waals surface area contributed by atoms with Gasteiger partial charge in [-0.1, -0.05) is 45.7 Å². The second-order valence-electron chi connectivity index (χ2n) is 2.70. The molecule has 72 valence electrons. The standard InChI is InChI=1S/C9H6BrClN2S/c10-4-6-2-1-3-7(9(6)11)8-5-12-14-13-8/h1-3,5H,4H2. The first-order valence-corrected chi connectivity index (χ1v) is 6.17. The first-order valence-electron chi connectivity index (χ1n) is 3.94. The predicted molar refractivity (Wildman–Crippen MR) is 63.0 cm³/mol. The Hall–Kier alpha value is -0.450. The summed E-state index contributed by atoms with van der Waals surface area (Å²) in [6.07, 6.45) is 1.73. The van der Waals surface area contributed by atoms with Crippen molar-refractivity contribution in [1.29, 1.82) is 0 Å². The van der Waals surface area contributed by atoms with Crippen LogP contribution >= 0.6 is 39.3 Å². The van der Waals surface area contributed by atoms with Gasteiger partial charge in [0.25, 0.3) is 0 Å². The Morgan fingerprint density at radius 2 is 2.29 bits per heavy atom. The highest BCUT2D eigenvalue weighted by Gasteiger charge is 2.08. The topological polar surface area (TPSA) is 25.8 Å². The molecule has 0 N–H and O–H groups in total. The van der Waals surface area contributed by atoms with Crippen molar-refractivity contribution in [2.24, 2.45) is 0 Å². The lowest BCUT2D eigenvalue weighted by molar-refractivity contribution is 1.41. The van der Waals surface area contributed by atoms with E-state index < -0.39 is 0 Å². The molecule has 0 amide bonds. The Morgan fingerprint density at radius 3 is 2.93 bits per heavy atom. The molecule has 14 heavy (non-hydrogen) atoms. The van der Waals surface area contributed by atoms with Crippen molar-refractivity contribution in [2.75, 3.05) is 0 Å². The number of nitrogens with zero attached hydrogens (tertiary/aromatic N) is 2. The molecular formula is C9H6BrClN2S. The molecule has 0 atom stereocenters. The Balaban J connectivity index is 2.54. The van der Waals surface area contributed by atoms with Gasteiger partial charge >= 0.3 is 0 Å². The van der Waals surface area contributed by atoms with Crippen LogP contribution in [0.3, 0.4) is 0 Å². The Labute approximate surface area is 99.4 Å². The van der Waals surface area contributed by atoms with E-state index in [1.807, 2.05) is 18.2 Å². The van der Waals surface area contributed by atoms with Crippen LogP contribution in [-0.4, -0.2) is 8.75 Å². The quantitative estimate of drug-likeness (QED) is 0.787. The van der Waals surface area contributed by atoms with E-state index in [9.17, 15) is 0 Å². The van der Waals surface area contributed by atoms with Gasteiger partial charge in [0.2, 0.25) is 0 Å². The van der Waals surface area contributed by atoms with Crippen LogP contribution in [0.2, 0.25) is 5.02 Å². The summed E-state index contributed by atoms with van der Waals surface area (Å²) in [5.41, 5.74) is 2.84. The zero-order valence-corrected chi connectivity index (χ0v) is 10.2. The van der Waals surface area contributed by atoms with Gasteiger partial charge < -0.3 is 0 Å². The summed E-state index contributed by atoms with van der Waals surface area (Å²) in [5, 5.41) is 1.49. The van der Waals surface area contributed by atoms with E-state index >= 15 is 0 Å². The van der Waals surface area contributed by atoms with E-state index in [4.69, 9.17) is 11.6 Å². The van der Waals surface area contributed by atoms with Crippen LogP contribution in [0.4, 0.5) is 0 Å². The van der Waals surface area contributed by atoms with Gasteiger partial charge in [-0.15, -0.1) is 0 Å². The summed E-state index contributed by atoms with van der Waals surface area (Å²) in [4.78, 5) is 0. The van der Waals surface area contributed by atoms with Gasteiger partial charge in [0.15, 0.2) is 0 Å². The average Bonchev–Trinajstić information content (AvgIpc) is 2.71. The molecule has 0 saturated heterocycles. The summed E-state index contributed by atoms with van der Waals surface area (Å²) in [6.45, 7) is 0. The number of hydrogen-bond donors (Lipinski definition) is 0. The predicted octanol–water partition coefficient (Wildman–Crippen LogP) is 3.75. The van der Waals surface area contributed by atoms with Gasteiger partial charge in [0.1, 0.15) is 5.69 Å². The lowest BCUT2D eigenvalue weighted by Gasteiger charge is -2.04.